The maximum Gasteiger partial charge on any atom is 0.287 e. The normalized spacial score (nSPS) is 14.5. The Morgan fingerprint density at radius 2 is 2.19 bits per heavy atom. The summed E-state index contributed by atoms with van der Waals surface area (Å²) in [6.45, 7) is 1.87. The monoisotopic (exact) mass is 304 g/mol. The first-order valence-electron chi connectivity index (χ1n) is 6.52. The van der Waals surface area contributed by atoms with Gasteiger partial charge in [-0.15, -0.1) is 0 Å². The molecule has 1 aliphatic rings. The molecule has 2 aromatic rings. The van der Waals surface area contributed by atoms with Crippen LogP contribution >= 0.6 is 11.6 Å². The molecule has 0 saturated carbocycles. The largest absolute Gasteiger partial charge is 0.440 e. The second kappa shape index (κ2) is 5.26. The predicted molar refractivity (Wildman–Crippen MR) is 78.4 cm³/mol. The van der Waals surface area contributed by atoms with Crippen LogP contribution in [-0.4, -0.2) is 11.8 Å². The Hall–Kier alpha value is -2.27. The minimum Gasteiger partial charge on any atom is -0.440 e. The molecule has 0 bridgehead atoms. The second-order valence-electron chi connectivity index (χ2n) is 4.94. The van der Waals surface area contributed by atoms with Crippen molar-refractivity contribution in [3.8, 4) is 0 Å². The summed E-state index contributed by atoms with van der Waals surface area (Å²) in [5.74, 6) is -0.168. The number of rotatable bonds is 3. The van der Waals surface area contributed by atoms with Crippen molar-refractivity contribution in [2.75, 3.05) is 5.32 Å². The minimum atomic E-state index is -0.330. The summed E-state index contributed by atoms with van der Waals surface area (Å²) < 4.78 is 5.07. The number of benzene rings is 1. The van der Waals surface area contributed by atoms with Crippen LogP contribution in [0.15, 0.2) is 34.7 Å². The van der Waals surface area contributed by atoms with E-state index in [1.54, 1.807) is 0 Å². The third-order valence-corrected chi connectivity index (χ3v) is 3.60. The van der Waals surface area contributed by atoms with E-state index in [1.807, 2.05) is 25.1 Å². The predicted octanol–water partition coefficient (Wildman–Crippen LogP) is 2.92. The number of hydrogen-bond acceptors (Lipinski definition) is 3. The molecule has 5 nitrogen and oxygen atoms in total. The van der Waals surface area contributed by atoms with E-state index in [0.29, 0.717) is 6.42 Å². The second-order valence-corrected chi connectivity index (χ2v) is 5.31. The van der Waals surface area contributed by atoms with Gasteiger partial charge in [-0.05, 0) is 47.9 Å². The van der Waals surface area contributed by atoms with Gasteiger partial charge in [-0.2, -0.15) is 0 Å². The van der Waals surface area contributed by atoms with Crippen LogP contribution in [0.2, 0.25) is 5.22 Å². The van der Waals surface area contributed by atoms with E-state index in [-0.39, 0.29) is 28.8 Å². The van der Waals surface area contributed by atoms with E-state index >= 15 is 0 Å². The SMILES string of the molecule is C[C@@H](NC(=O)c1ccc(Cl)o1)c1ccc2c(c1)CC(=O)N2. The van der Waals surface area contributed by atoms with Gasteiger partial charge in [-0.3, -0.25) is 9.59 Å². The number of nitrogens with one attached hydrogen (secondary N) is 2. The lowest BCUT2D eigenvalue weighted by atomic mass is 10.0. The molecule has 1 atom stereocenters. The van der Waals surface area contributed by atoms with Crippen LogP contribution in [0, 0.1) is 0 Å². The fraction of sp³-hybridized carbons (Fsp3) is 0.200. The number of amides is 2. The van der Waals surface area contributed by atoms with Gasteiger partial charge in [-0.1, -0.05) is 12.1 Å². The zero-order valence-electron chi connectivity index (χ0n) is 11.3. The number of furan rings is 1. The molecule has 108 valence electrons. The highest BCUT2D eigenvalue weighted by Crippen LogP contribution is 2.26. The minimum absolute atomic E-state index is 0.0101. The molecule has 2 amide bonds. The van der Waals surface area contributed by atoms with E-state index in [4.69, 9.17) is 16.0 Å². The fourth-order valence-corrected chi connectivity index (χ4v) is 2.45. The van der Waals surface area contributed by atoms with Crippen LogP contribution in [-0.2, 0) is 11.2 Å². The van der Waals surface area contributed by atoms with E-state index in [0.717, 1.165) is 16.8 Å². The smallest absolute Gasteiger partial charge is 0.287 e. The third kappa shape index (κ3) is 2.78. The lowest BCUT2D eigenvalue weighted by Crippen LogP contribution is -2.26. The van der Waals surface area contributed by atoms with Crippen LogP contribution in [0.1, 0.15) is 34.6 Å². The maximum atomic E-state index is 12.0. The van der Waals surface area contributed by atoms with Gasteiger partial charge < -0.3 is 15.1 Å². The Balaban J connectivity index is 1.74. The van der Waals surface area contributed by atoms with Crippen molar-refractivity contribution < 1.29 is 14.0 Å². The highest BCUT2D eigenvalue weighted by molar-refractivity contribution is 6.29. The molecule has 6 heteroatoms. The van der Waals surface area contributed by atoms with Crippen LogP contribution in [0.5, 0.6) is 0 Å². The topological polar surface area (TPSA) is 71.3 Å². The Morgan fingerprint density at radius 1 is 1.38 bits per heavy atom. The summed E-state index contributed by atoms with van der Waals surface area (Å²) >= 11 is 5.65. The van der Waals surface area contributed by atoms with Crippen molar-refractivity contribution in [2.24, 2.45) is 0 Å². The molecule has 1 aromatic carbocycles. The highest BCUT2D eigenvalue weighted by atomic mass is 35.5. The van der Waals surface area contributed by atoms with E-state index in [1.165, 1.54) is 12.1 Å². The molecule has 0 radical (unpaired) electrons. The van der Waals surface area contributed by atoms with Crippen molar-refractivity contribution in [2.45, 2.75) is 19.4 Å². The number of carbonyl (C=O) groups excluding carboxylic acids is 2. The molecule has 0 saturated heterocycles. The number of hydrogen-bond donors (Lipinski definition) is 2. The van der Waals surface area contributed by atoms with Gasteiger partial charge in [0, 0.05) is 5.69 Å². The Morgan fingerprint density at radius 3 is 2.90 bits per heavy atom. The molecular weight excluding hydrogens is 292 g/mol. The highest BCUT2D eigenvalue weighted by Gasteiger charge is 2.20. The van der Waals surface area contributed by atoms with Crippen molar-refractivity contribution in [1.29, 1.82) is 0 Å². The van der Waals surface area contributed by atoms with Gasteiger partial charge in [-0.25, -0.2) is 0 Å². The summed E-state index contributed by atoms with van der Waals surface area (Å²) in [5.41, 5.74) is 2.70. The van der Waals surface area contributed by atoms with Crippen LogP contribution < -0.4 is 10.6 Å². The molecule has 0 fully saturated rings. The lowest BCUT2D eigenvalue weighted by molar-refractivity contribution is -0.115. The molecule has 2 N–H and O–H groups in total. The molecule has 0 aliphatic carbocycles. The van der Waals surface area contributed by atoms with Crippen molar-refractivity contribution in [3.63, 3.8) is 0 Å². The number of halogens is 1. The van der Waals surface area contributed by atoms with Crippen LogP contribution in [0.25, 0.3) is 0 Å². The molecule has 0 unspecified atom stereocenters. The first-order valence-corrected chi connectivity index (χ1v) is 6.89. The van der Waals surface area contributed by atoms with E-state index in [2.05, 4.69) is 10.6 Å². The summed E-state index contributed by atoms with van der Waals surface area (Å²) in [6.07, 6.45) is 0.373. The van der Waals surface area contributed by atoms with Crippen LogP contribution in [0.3, 0.4) is 0 Å². The zero-order valence-corrected chi connectivity index (χ0v) is 12.0. The lowest BCUT2D eigenvalue weighted by Gasteiger charge is -2.14. The molecule has 1 aliphatic heterocycles. The average Bonchev–Trinajstić information content (AvgIpc) is 3.02. The fourth-order valence-electron chi connectivity index (χ4n) is 2.31. The van der Waals surface area contributed by atoms with Crippen molar-refractivity contribution in [3.05, 3.63) is 52.4 Å². The molecule has 21 heavy (non-hydrogen) atoms. The van der Waals surface area contributed by atoms with Crippen molar-refractivity contribution in [1.82, 2.24) is 5.32 Å². The average molecular weight is 305 g/mol. The summed E-state index contributed by atoms with van der Waals surface area (Å²) in [4.78, 5) is 23.3. The van der Waals surface area contributed by atoms with Gasteiger partial charge in [0.05, 0.1) is 12.5 Å². The summed E-state index contributed by atoms with van der Waals surface area (Å²) in [5, 5.41) is 5.78. The number of fused-ring (bicyclic) bond motifs is 1. The van der Waals surface area contributed by atoms with Gasteiger partial charge in [0.1, 0.15) is 0 Å². The van der Waals surface area contributed by atoms with Gasteiger partial charge in [0.2, 0.25) is 5.91 Å². The quantitative estimate of drug-likeness (QED) is 0.916. The van der Waals surface area contributed by atoms with E-state index < -0.39 is 0 Å². The third-order valence-electron chi connectivity index (χ3n) is 3.40. The maximum absolute atomic E-state index is 12.0. The molecule has 1 aromatic heterocycles. The Bertz CT molecular complexity index is 723. The first-order chi connectivity index (χ1) is 10.0. The molecular formula is C15H13ClN2O3. The molecule has 0 spiro atoms. The van der Waals surface area contributed by atoms with Gasteiger partial charge in [0.15, 0.2) is 11.0 Å². The van der Waals surface area contributed by atoms with Crippen LogP contribution in [0.4, 0.5) is 5.69 Å². The Kier molecular flexibility index (Phi) is 3.43. The molecule has 3 rings (SSSR count). The van der Waals surface area contributed by atoms with Gasteiger partial charge >= 0.3 is 0 Å². The number of anilines is 1. The van der Waals surface area contributed by atoms with E-state index in [9.17, 15) is 9.59 Å². The first kappa shape index (κ1) is 13.7. The van der Waals surface area contributed by atoms with Crippen molar-refractivity contribution >= 4 is 29.1 Å². The summed E-state index contributed by atoms with van der Waals surface area (Å²) in [7, 11) is 0. The standard InChI is InChI=1S/C15H13ClN2O3/c1-8(17-15(20)12-4-5-13(16)21-12)9-2-3-11-10(6-9)7-14(19)18-11/h2-6,8H,7H2,1H3,(H,17,20)(H,18,19)/t8-/m1/s1. The Labute approximate surface area is 126 Å². The van der Waals surface area contributed by atoms with Gasteiger partial charge in [0.25, 0.3) is 5.91 Å². The zero-order chi connectivity index (χ0) is 15.0. The molecule has 2 heterocycles. The summed E-state index contributed by atoms with van der Waals surface area (Å²) in [6, 6.07) is 8.49. The number of carbonyl (C=O) groups is 2.